The van der Waals surface area contributed by atoms with E-state index in [1.807, 2.05) is 0 Å². The lowest BCUT2D eigenvalue weighted by Crippen LogP contribution is -2.28. The maximum atomic E-state index is 12.4. The number of aliphatic imine (C=N–C) groups is 1. The van der Waals surface area contributed by atoms with Crippen LogP contribution in [0.3, 0.4) is 0 Å². The number of pyridine rings is 1. The Morgan fingerprint density at radius 1 is 1.41 bits per heavy atom. The molecule has 9 heteroatoms. The number of nitrogens with zero attached hydrogens (tertiary/aromatic N) is 2. The van der Waals surface area contributed by atoms with E-state index in [1.165, 1.54) is 0 Å². The predicted molar refractivity (Wildman–Crippen MR) is 83.1 cm³/mol. The second kappa shape index (κ2) is 9.02. The summed E-state index contributed by atoms with van der Waals surface area (Å²) in [5, 5.41) is -0.292. The zero-order valence-electron chi connectivity index (χ0n) is 11.5. The molecule has 0 saturated heterocycles. The Bertz CT molecular complexity index is 596. The Hall–Kier alpha value is -1.24. The summed E-state index contributed by atoms with van der Waals surface area (Å²) in [5.74, 6) is -2.89. The van der Waals surface area contributed by atoms with Crippen LogP contribution in [0, 0.1) is 5.92 Å². The largest absolute Gasteiger partial charge is 0.465 e. The lowest BCUT2D eigenvalue weighted by molar-refractivity contribution is -0.143. The molecule has 120 valence electrons. The van der Waals surface area contributed by atoms with Gasteiger partial charge in [-0.2, -0.15) is 0 Å². The summed E-state index contributed by atoms with van der Waals surface area (Å²) >= 11 is 17.5. The molecular weight excluding hydrogens is 358 g/mol. The van der Waals surface area contributed by atoms with Gasteiger partial charge in [0, 0.05) is 12.4 Å². The van der Waals surface area contributed by atoms with Gasteiger partial charge in [-0.3, -0.25) is 14.6 Å². The van der Waals surface area contributed by atoms with Gasteiger partial charge in [-0.1, -0.05) is 34.8 Å². The first kappa shape index (κ1) is 18.8. The molecule has 0 N–H and O–H groups in total. The molecule has 1 aromatic heterocycles. The standard InChI is InChI=1S/C13H12Cl3FN2O3/c1-2-22-13(21)8(5-18-4-3-17)11(20)7-6-19-12(16)10(15)9(7)14/h5-6,8H,2-4H2,1H3. The number of ether oxygens (including phenoxy) is 1. The summed E-state index contributed by atoms with van der Waals surface area (Å²) in [4.78, 5) is 31.7. The fraction of sp³-hybridized carbons (Fsp3) is 0.385. The Morgan fingerprint density at radius 2 is 2.09 bits per heavy atom. The molecule has 0 radical (unpaired) electrons. The normalized spacial score (nSPS) is 12.4. The van der Waals surface area contributed by atoms with E-state index >= 15 is 0 Å². The smallest absolute Gasteiger partial charge is 0.322 e. The van der Waals surface area contributed by atoms with Crippen LogP contribution >= 0.6 is 34.8 Å². The first-order valence-electron chi connectivity index (χ1n) is 6.20. The van der Waals surface area contributed by atoms with Crippen LogP contribution in [-0.2, 0) is 9.53 Å². The number of hydrogen-bond donors (Lipinski definition) is 0. The van der Waals surface area contributed by atoms with E-state index in [4.69, 9.17) is 39.5 Å². The first-order valence-corrected chi connectivity index (χ1v) is 7.33. The lowest BCUT2D eigenvalue weighted by Gasteiger charge is -2.12. The molecule has 0 bridgehead atoms. The topological polar surface area (TPSA) is 68.6 Å². The van der Waals surface area contributed by atoms with E-state index in [9.17, 15) is 14.0 Å². The maximum Gasteiger partial charge on any atom is 0.322 e. The molecule has 0 aliphatic carbocycles. The molecule has 0 fully saturated rings. The van der Waals surface area contributed by atoms with Crippen molar-refractivity contribution in [3.05, 3.63) is 27.0 Å². The van der Waals surface area contributed by atoms with E-state index < -0.39 is 24.3 Å². The van der Waals surface area contributed by atoms with Crippen LogP contribution in [0.1, 0.15) is 17.3 Å². The molecule has 1 unspecified atom stereocenters. The fourth-order valence-electron chi connectivity index (χ4n) is 1.48. The van der Waals surface area contributed by atoms with Crippen LogP contribution in [0.5, 0.6) is 0 Å². The van der Waals surface area contributed by atoms with Crippen LogP contribution in [0.15, 0.2) is 11.2 Å². The quantitative estimate of drug-likeness (QED) is 0.243. The molecule has 0 spiro atoms. The third-order valence-corrected chi connectivity index (χ3v) is 3.71. The number of ketones is 1. The van der Waals surface area contributed by atoms with Gasteiger partial charge in [0.1, 0.15) is 11.8 Å². The average Bonchev–Trinajstić information content (AvgIpc) is 2.49. The third kappa shape index (κ3) is 4.63. The highest BCUT2D eigenvalue weighted by Gasteiger charge is 2.30. The molecule has 5 nitrogen and oxygen atoms in total. The molecular formula is C13H12Cl3FN2O3. The summed E-state index contributed by atoms with van der Waals surface area (Å²) in [5.41, 5.74) is -0.0965. The van der Waals surface area contributed by atoms with Crippen LogP contribution < -0.4 is 0 Å². The van der Waals surface area contributed by atoms with Crippen LogP contribution in [0.25, 0.3) is 0 Å². The second-order valence-corrected chi connectivity index (χ2v) is 5.04. The van der Waals surface area contributed by atoms with Gasteiger partial charge in [0.2, 0.25) is 0 Å². The van der Waals surface area contributed by atoms with Crippen LogP contribution in [-0.4, -0.2) is 42.8 Å². The average molecular weight is 370 g/mol. The third-order valence-electron chi connectivity index (χ3n) is 2.47. The van der Waals surface area contributed by atoms with Gasteiger partial charge in [0.15, 0.2) is 11.7 Å². The molecule has 1 atom stereocenters. The van der Waals surface area contributed by atoms with E-state index in [1.54, 1.807) is 6.92 Å². The highest BCUT2D eigenvalue weighted by molar-refractivity contribution is 6.49. The second-order valence-electron chi connectivity index (χ2n) is 3.93. The molecule has 0 aliphatic rings. The number of hydrogen-bond acceptors (Lipinski definition) is 5. The number of carbonyl (C=O) groups is 2. The fourth-order valence-corrected chi connectivity index (χ4v) is 2.05. The molecule has 0 saturated carbocycles. The van der Waals surface area contributed by atoms with E-state index in [2.05, 4.69) is 9.98 Å². The van der Waals surface area contributed by atoms with Crippen molar-refractivity contribution in [2.75, 3.05) is 19.8 Å². The SMILES string of the molecule is CCOC(=O)C(C=NCCF)C(=O)c1cnc(Cl)c(Cl)c1Cl. The zero-order chi connectivity index (χ0) is 16.7. The minimum absolute atomic E-state index is 0.0676. The molecule has 0 aromatic carbocycles. The van der Waals surface area contributed by atoms with E-state index in [0.29, 0.717) is 0 Å². The molecule has 1 heterocycles. The van der Waals surface area contributed by atoms with Gasteiger partial charge in [-0.05, 0) is 6.92 Å². The van der Waals surface area contributed by atoms with Gasteiger partial charge in [0.25, 0.3) is 0 Å². The Morgan fingerprint density at radius 3 is 2.68 bits per heavy atom. The van der Waals surface area contributed by atoms with Gasteiger partial charge in [0.05, 0.1) is 28.8 Å². The Labute approximate surface area is 141 Å². The van der Waals surface area contributed by atoms with Crippen LogP contribution in [0.4, 0.5) is 4.39 Å². The van der Waals surface area contributed by atoms with Gasteiger partial charge in [-0.25, -0.2) is 9.37 Å². The molecule has 1 aromatic rings. The number of esters is 1. The monoisotopic (exact) mass is 368 g/mol. The molecule has 1 rings (SSSR count). The number of Topliss-reactive ketones (excluding diaryl/α,β-unsaturated/α-hetero) is 1. The predicted octanol–water partition coefficient (Wildman–Crippen LogP) is 3.44. The molecule has 22 heavy (non-hydrogen) atoms. The van der Waals surface area contributed by atoms with Crippen LogP contribution in [0.2, 0.25) is 15.2 Å². The summed E-state index contributed by atoms with van der Waals surface area (Å²) in [6.45, 7) is 0.782. The van der Waals surface area contributed by atoms with Gasteiger partial charge < -0.3 is 4.74 Å². The lowest BCUT2D eigenvalue weighted by atomic mass is 10.00. The molecule has 0 aliphatic heterocycles. The van der Waals surface area contributed by atoms with Crippen molar-refractivity contribution in [2.45, 2.75) is 6.92 Å². The van der Waals surface area contributed by atoms with Crippen molar-refractivity contribution < 1.29 is 18.7 Å². The Kier molecular flexibility index (Phi) is 7.72. The van der Waals surface area contributed by atoms with Crippen molar-refractivity contribution in [1.82, 2.24) is 4.98 Å². The number of aromatic nitrogens is 1. The Balaban J connectivity index is 3.16. The highest BCUT2D eigenvalue weighted by Crippen LogP contribution is 2.32. The van der Waals surface area contributed by atoms with Crippen molar-refractivity contribution in [1.29, 1.82) is 0 Å². The summed E-state index contributed by atoms with van der Waals surface area (Å²) in [6.07, 6.45) is 2.13. The summed E-state index contributed by atoms with van der Waals surface area (Å²) in [6, 6.07) is 0. The minimum Gasteiger partial charge on any atom is -0.465 e. The van der Waals surface area contributed by atoms with Crippen molar-refractivity contribution in [3.63, 3.8) is 0 Å². The summed E-state index contributed by atoms with van der Waals surface area (Å²) < 4.78 is 16.9. The number of alkyl halides is 1. The number of halogens is 4. The van der Waals surface area contributed by atoms with Gasteiger partial charge in [-0.15, -0.1) is 0 Å². The highest BCUT2D eigenvalue weighted by atomic mass is 35.5. The minimum atomic E-state index is -1.36. The van der Waals surface area contributed by atoms with E-state index in [0.717, 1.165) is 12.4 Å². The van der Waals surface area contributed by atoms with Gasteiger partial charge >= 0.3 is 5.97 Å². The zero-order valence-corrected chi connectivity index (χ0v) is 13.8. The maximum absolute atomic E-state index is 12.4. The van der Waals surface area contributed by atoms with Crippen molar-refractivity contribution >= 4 is 52.8 Å². The van der Waals surface area contributed by atoms with Crippen molar-refractivity contribution in [2.24, 2.45) is 10.9 Å². The first-order chi connectivity index (χ1) is 10.4. The number of rotatable bonds is 7. The summed E-state index contributed by atoms with van der Waals surface area (Å²) in [7, 11) is 0. The van der Waals surface area contributed by atoms with E-state index in [-0.39, 0.29) is 33.9 Å². The van der Waals surface area contributed by atoms with Crippen molar-refractivity contribution in [3.8, 4) is 0 Å². The number of carbonyl (C=O) groups excluding carboxylic acids is 2. The molecule has 0 amide bonds.